The van der Waals surface area contributed by atoms with Gasteiger partial charge in [-0.15, -0.1) is 0 Å². The number of carboxylic acid groups (broad SMARTS) is 1. The number of carbonyl (C=O) groups excluding carboxylic acids is 1. The first-order valence-electron chi connectivity index (χ1n) is 10.3. The molecule has 164 valence electrons. The summed E-state index contributed by atoms with van der Waals surface area (Å²) in [5, 5.41) is 11.0. The number of benzene rings is 2. The summed E-state index contributed by atoms with van der Waals surface area (Å²) in [6.45, 7) is 2.77. The molecule has 0 bridgehead atoms. The molecule has 7 heteroatoms. The van der Waals surface area contributed by atoms with E-state index in [9.17, 15) is 0 Å². The third kappa shape index (κ3) is 6.49. The minimum Gasteiger partial charge on any atom is -0.550 e. The minimum absolute atomic E-state index is 0.669. The van der Waals surface area contributed by atoms with Gasteiger partial charge in [0.1, 0.15) is 12.7 Å². The molecular formula is C24H25Cl3N2O2. The van der Waals surface area contributed by atoms with Gasteiger partial charge in [-0.3, -0.25) is 0 Å². The Balaban J connectivity index is 0.000000628. The van der Waals surface area contributed by atoms with Gasteiger partial charge in [-0.1, -0.05) is 47.3 Å². The van der Waals surface area contributed by atoms with Crippen LogP contribution >= 0.6 is 34.8 Å². The van der Waals surface area contributed by atoms with Gasteiger partial charge in [0.15, 0.2) is 5.69 Å². The van der Waals surface area contributed by atoms with E-state index in [4.69, 9.17) is 44.7 Å². The van der Waals surface area contributed by atoms with Crippen molar-refractivity contribution >= 4 is 40.8 Å². The maximum atomic E-state index is 8.89. The molecule has 3 aromatic rings. The number of carboxylic acids is 1. The molecule has 0 saturated heterocycles. The fraction of sp³-hybridized carbons (Fsp3) is 0.333. The fourth-order valence-corrected chi connectivity index (χ4v) is 4.44. The molecule has 0 unspecified atom stereocenters. The molecule has 4 nitrogen and oxygen atoms in total. The molecule has 1 aromatic heterocycles. The highest BCUT2D eigenvalue weighted by atomic mass is 35.5. The van der Waals surface area contributed by atoms with Crippen molar-refractivity contribution < 1.29 is 14.5 Å². The largest absolute Gasteiger partial charge is 0.550 e. The van der Waals surface area contributed by atoms with E-state index in [1.807, 2.05) is 30.3 Å². The number of hydrogen-bond donors (Lipinski definition) is 0. The molecule has 2 heterocycles. The van der Waals surface area contributed by atoms with Crippen molar-refractivity contribution in [3.63, 3.8) is 0 Å². The number of halogens is 3. The summed E-state index contributed by atoms with van der Waals surface area (Å²) >= 11 is 18.6. The summed E-state index contributed by atoms with van der Waals surface area (Å²) in [6, 6.07) is 13.9. The smallest absolute Gasteiger partial charge is 0.257 e. The van der Waals surface area contributed by atoms with Crippen molar-refractivity contribution in [2.75, 3.05) is 0 Å². The first-order chi connectivity index (χ1) is 14.8. The first kappa shape index (κ1) is 23.6. The minimum atomic E-state index is -1.08. The molecule has 0 atom stereocenters. The van der Waals surface area contributed by atoms with E-state index in [1.54, 1.807) is 0 Å². The standard InChI is InChI=1S/C22H22Cl3N2.C2H4O2/c23-18-9-6-16(7-10-18)21-15-26(14-17-8-11-19(24)13-20(17)25)22-5-3-1-2-4-12-27(21)22;1-2(3)4/h6-11,13,15H,1-5,12,14H2;1H3,(H,3,4)/q+1;/p-1. The Morgan fingerprint density at radius 3 is 2.32 bits per heavy atom. The Kier molecular flexibility index (Phi) is 8.42. The third-order valence-corrected chi connectivity index (χ3v) is 6.08. The molecule has 1 aliphatic rings. The Bertz CT molecular complexity index is 1040. The highest BCUT2D eigenvalue weighted by Gasteiger charge is 2.25. The number of rotatable bonds is 3. The van der Waals surface area contributed by atoms with Crippen molar-refractivity contribution in [2.45, 2.75) is 52.1 Å². The summed E-state index contributed by atoms with van der Waals surface area (Å²) in [5.41, 5.74) is 3.53. The number of aliphatic carboxylic acids is 1. The fourth-order valence-electron chi connectivity index (χ4n) is 3.84. The van der Waals surface area contributed by atoms with Gasteiger partial charge < -0.3 is 9.90 Å². The number of fused-ring (bicyclic) bond motifs is 1. The van der Waals surface area contributed by atoms with E-state index in [0.717, 1.165) is 37.0 Å². The van der Waals surface area contributed by atoms with E-state index in [2.05, 4.69) is 27.5 Å². The second-order valence-corrected chi connectivity index (χ2v) is 8.89. The maximum absolute atomic E-state index is 8.89. The molecule has 0 N–H and O–H groups in total. The molecule has 31 heavy (non-hydrogen) atoms. The highest BCUT2D eigenvalue weighted by molar-refractivity contribution is 6.35. The first-order valence-corrected chi connectivity index (χ1v) is 11.5. The van der Waals surface area contributed by atoms with Crippen molar-refractivity contribution in [1.29, 1.82) is 0 Å². The number of aromatic nitrogens is 2. The third-order valence-electron chi connectivity index (χ3n) is 5.24. The van der Waals surface area contributed by atoms with Crippen LogP contribution in [-0.2, 0) is 24.3 Å². The SMILES string of the molecule is CC(=O)[O-].Clc1ccc(-c2c[n+](Cc3ccc(Cl)cc3Cl)c3n2CCCCCC3)cc1. The van der Waals surface area contributed by atoms with Gasteiger partial charge in [0.25, 0.3) is 5.82 Å². The van der Waals surface area contributed by atoms with Gasteiger partial charge in [0.05, 0.1) is 6.54 Å². The van der Waals surface area contributed by atoms with E-state index in [0.29, 0.717) is 10.0 Å². The number of hydrogen-bond acceptors (Lipinski definition) is 2. The van der Waals surface area contributed by atoms with Crippen LogP contribution in [0, 0.1) is 0 Å². The van der Waals surface area contributed by atoms with E-state index < -0.39 is 5.97 Å². The summed E-state index contributed by atoms with van der Waals surface area (Å²) in [5.74, 6) is 0.283. The van der Waals surface area contributed by atoms with Crippen LogP contribution in [0.25, 0.3) is 11.3 Å². The quantitative estimate of drug-likeness (QED) is 0.477. The van der Waals surface area contributed by atoms with Crippen LogP contribution in [0.3, 0.4) is 0 Å². The lowest BCUT2D eigenvalue weighted by Crippen LogP contribution is -2.38. The number of nitrogens with zero attached hydrogens (tertiary/aromatic N) is 2. The number of imidazole rings is 1. The lowest BCUT2D eigenvalue weighted by Gasteiger charge is -2.11. The van der Waals surface area contributed by atoms with Gasteiger partial charge >= 0.3 is 0 Å². The highest BCUT2D eigenvalue weighted by Crippen LogP contribution is 2.26. The Labute approximate surface area is 198 Å². The Hall–Kier alpha value is -2.01. The summed E-state index contributed by atoms with van der Waals surface area (Å²) < 4.78 is 4.83. The van der Waals surface area contributed by atoms with Crippen LogP contribution in [0.4, 0.5) is 0 Å². The zero-order valence-corrected chi connectivity index (χ0v) is 19.7. The monoisotopic (exact) mass is 478 g/mol. The van der Waals surface area contributed by atoms with Crippen LogP contribution in [-0.4, -0.2) is 10.5 Å². The molecule has 0 saturated carbocycles. The zero-order chi connectivity index (χ0) is 22.4. The molecule has 1 aliphatic heterocycles. The zero-order valence-electron chi connectivity index (χ0n) is 17.4. The summed E-state index contributed by atoms with van der Waals surface area (Å²) in [7, 11) is 0. The van der Waals surface area contributed by atoms with Crippen molar-refractivity contribution in [1.82, 2.24) is 4.57 Å². The Morgan fingerprint density at radius 1 is 1.00 bits per heavy atom. The molecular weight excluding hydrogens is 455 g/mol. The van der Waals surface area contributed by atoms with Crippen LogP contribution in [0.2, 0.25) is 15.1 Å². The number of carbonyl (C=O) groups is 1. The molecule has 0 amide bonds. The second kappa shape index (κ2) is 11.0. The molecule has 4 rings (SSSR count). The average molecular weight is 480 g/mol. The van der Waals surface area contributed by atoms with Gasteiger partial charge in [-0.25, -0.2) is 9.13 Å². The van der Waals surface area contributed by atoms with Crippen LogP contribution in [0.1, 0.15) is 44.0 Å². The molecule has 0 radical (unpaired) electrons. The predicted octanol–water partition coefficient (Wildman–Crippen LogP) is 5.32. The lowest BCUT2D eigenvalue weighted by molar-refractivity contribution is -0.695. The maximum Gasteiger partial charge on any atom is 0.257 e. The van der Waals surface area contributed by atoms with Crippen molar-refractivity contribution in [3.8, 4) is 11.3 Å². The molecule has 0 aliphatic carbocycles. The van der Waals surface area contributed by atoms with Gasteiger partial charge in [0, 0.05) is 38.6 Å². The van der Waals surface area contributed by atoms with E-state index in [-0.39, 0.29) is 0 Å². The molecule has 0 spiro atoms. The summed E-state index contributed by atoms with van der Waals surface area (Å²) in [4.78, 5) is 8.89. The van der Waals surface area contributed by atoms with Crippen LogP contribution in [0.15, 0.2) is 48.7 Å². The van der Waals surface area contributed by atoms with Gasteiger partial charge in [0.2, 0.25) is 0 Å². The van der Waals surface area contributed by atoms with Crippen LogP contribution < -0.4 is 9.67 Å². The Morgan fingerprint density at radius 2 is 1.65 bits per heavy atom. The van der Waals surface area contributed by atoms with Crippen LogP contribution in [0.5, 0.6) is 0 Å². The van der Waals surface area contributed by atoms with Crippen molar-refractivity contribution in [3.05, 3.63) is 75.1 Å². The predicted molar refractivity (Wildman–Crippen MR) is 123 cm³/mol. The normalized spacial score (nSPS) is 13.4. The van der Waals surface area contributed by atoms with E-state index >= 15 is 0 Å². The van der Waals surface area contributed by atoms with E-state index in [1.165, 1.54) is 42.8 Å². The van der Waals surface area contributed by atoms with Crippen molar-refractivity contribution in [2.24, 2.45) is 0 Å². The van der Waals surface area contributed by atoms with Gasteiger partial charge in [-0.05, 0) is 62.6 Å². The summed E-state index contributed by atoms with van der Waals surface area (Å²) in [6.07, 6.45) is 8.36. The average Bonchev–Trinajstić information content (AvgIpc) is 3.00. The second-order valence-electron chi connectivity index (χ2n) is 7.61. The molecule has 0 fully saturated rings. The lowest BCUT2D eigenvalue weighted by atomic mass is 10.1. The topological polar surface area (TPSA) is 48.9 Å². The molecule has 2 aromatic carbocycles. The van der Waals surface area contributed by atoms with Gasteiger partial charge in [-0.2, -0.15) is 0 Å².